The van der Waals surface area contributed by atoms with Crippen LogP contribution in [0.4, 0.5) is 0 Å². The fraction of sp³-hybridized carbons (Fsp3) is 0.208. The summed E-state index contributed by atoms with van der Waals surface area (Å²) in [7, 11) is 3.75. The lowest BCUT2D eigenvalue weighted by Gasteiger charge is -2.14. The first-order valence-corrected chi connectivity index (χ1v) is 9.26. The van der Waals surface area contributed by atoms with E-state index in [0.717, 1.165) is 11.1 Å². The molecule has 4 nitrogen and oxygen atoms in total. The largest absolute Gasteiger partial charge is 0.489 e. The zero-order chi connectivity index (χ0) is 19.8. The van der Waals surface area contributed by atoms with Crippen molar-refractivity contribution in [2.75, 3.05) is 20.6 Å². The van der Waals surface area contributed by atoms with Crippen LogP contribution >= 0.6 is 0 Å². The van der Waals surface area contributed by atoms with Gasteiger partial charge in [-0.15, -0.1) is 0 Å². The van der Waals surface area contributed by atoms with Crippen molar-refractivity contribution >= 4 is 5.78 Å². The standard InChI is InChI=1S/C24H25NO3/c1-25(2)16-24(26)21-13-22(27-17-19-9-5-3-6-10-19)15-23(14-21)28-18-20-11-7-4-8-12-20/h3-15H,16-18H2,1-2H3. The van der Waals surface area contributed by atoms with Gasteiger partial charge in [0.1, 0.15) is 24.7 Å². The molecule has 0 heterocycles. The summed E-state index contributed by atoms with van der Waals surface area (Å²) in [5.74, 6) is 1.27. The van der Waals surface area contributed by atoms with Crippen molar-refractivity contribution < 1.29 is 14.3 Å². The van der Waals surface area contributed by atoms with E-state index in [9.17, 15) is 4.79 Å². The van der Waals surface area contributed by atoms with Crippen LogP contribution in [0.1, 0.15) is 21.5 Å². The van der Waals surface area contributed by atoms with Crippen LogP contribution in [0.15, 0.2) is 78.9 Å². The van der Waals surface area contributed by atoms with Crippen molar-refractivity contribution in [1.82, 2.24) is 4.90 Å². The fourth-order valence-corrected chi connectivity index (χ4v) is 2.76. The molecule has 0 atom stereocenters. The molecule has 4 heteroatoms. The Balaban J connectivity index is 1.77. The zero-order valence-electron chi connectivity index (χ0n) is 16.3. The van der Waals surface area contributed by atoms with Crippen molar-refractivity contribution in [1.29, 1.82) is 0 Å². The molecule has 0 radical (unpaired) electrons. The molecule has 0 bridgehead atoms. The quantitative estimate of drug-likeness (QED) is 0.513. The van der Waals surface area contributed by atoms with E-state index in [1.165, 1.54) is 0 Å². The van der Waals surface area contributed by atoms with Crippen LogP contribution in [-0.4, -0.2) is 31.3 Å². The summed E-state index contributed by atoms with van der Waals surface area (Å²) in [6.07, 6.45) is 0. The first kappa shape index (κ1) is 19.6. The van der Waals surface area contributed by atoms with Crippen LogP contribution in [0.25, 0.3) is 0 Å². The molecule has 0 saturated heterocycles. The second-order valence-electron chi connectivity index (χ2n) is 6.90. The first-order chi connectivity index (χ1) is 13.6. The van der Waals surface area contributed by atoms with Crippen LogP contribution in [0.5, 0.6) is 11.5 Å². The fourth-order valence-electron chi connectivity index (χ4n) is 2.76. The van der Waals surface area contributed by atoms with Gasteiger partial charge >= 0.3 is 0 Å². The molecule has 0 aliphatic rings. The summed E-state index contributed by atoms with van der Waals surface area (Å²) < 4.78 is 11.9. The predicted molar refractivity (Wildman–Crippen MR) is 111 cm³/mol. The monoisotopic (exact) mass is 375 g/mol. The number of hydrogen-bond donors (Lipinski definition) is 0. The molecule has 0 unspecified atom stereocenters. The van der Waals surface area contributed by atoms with Gasteiger partial charge in [0.25, 0.3) is 0 Å². The first-order valence-electron chi connectivity index (χ1n) is 9.26. The average Bonchev–Trinajstić information content (AvgIpc) is 2.72. The Hall–Kier alpha value is -3.11. The number of rotatable bonds is 9. The van der Waals surface area contributed by atoms with E-state index in [-0.39, 0.29) is 5.78 Å². The molecule has 0 fully saturated rings. The molecule has 3 aromatic carbocycles. The van der Waals surface area contributed by atoms with Gasteiger partial charge < -0.3 is 14.4 Å². The Labute approximate surface area is 166 Å². The number of benzene rings is 3. The summed E-state index contributed by atoms with van der Waals surface area (Å²) in [5, 5.41) is 0. The van der Waals surface area contributed by atoms with E-state index in [1.807, 2.05) is 85.7 Å². The minimum absolute atomic E-state index is 0.0275. The highest BCUT2D eigenvalue weighted by molar-refractivity contribution is 5.98. The van der Waals surface area contributed by atoms with Crippen molar-refractivity contribution in [2.45, 2.75) is 13.2 Å². The SMILES string of the molecule is CN(C)CC(=O)c1cc(OCc2ccccc2)cc(OCc2ccccc2)c1. The van der Waals surface area contributed by atoms with Gasteiger partial charge in [-0.2, -0.15) is 0 Å². The number of ketones is 1. The topological polar surface area (TPSA) is 38.8 Å². The number of carbonyl (C=O) groups excluding carboxylic acids is 1. The predicted octanol–water partition coefficient (Wildman–Crippen LogP) is 4.59. The third-order valence-electron chi connectivity index (χ3n) is 4.16. The molecule has 0 spiro atoms. The van der Waals surface area contributed by atoms with E-state index in [4.69, 9.17) is 9.47 Å². The van der Waals surface area contributed by atoms with Crippen molar-refractivity contribution in [2.24, 2.45) is 0 Å². The lowest BCUT2D eigenvalue weighted by Crippen LogP contribution is -2.21. The summed E-state index contributed by atoms with van der Waals surface area (Å²) in [4.78, 5) is 14.4. The third-order valence-corrected chi connectivity index (χ3v) is 4.16. The van der Waals surface area contributed by atoms with E-state index < -0.39 is 0 Å². The second kappa shape index (κ2) is 9.72. The number of ether oxygens (including phenoxy) is 2. The Bertz CT molecular complexity index is 830. The maximum Gasteiger partial charge on any atom is 0.177 e. The highest BCUT2D eigenvalue weighted by atomic mass is 16.5. The van der Waals surface area contributed by atoms with Crippen molar-refractivity contribution in [3.63, 3.8) is 0 Å². The summed E-state index contributed by atoms with van der Waals surface area (Å²) >= 11 is 0. The molecule has 28 heavy (non-hydrogen) atoms. The van der Waals surface area contributed by atoms with Gasteiger partial charge in [0.15, 0.2) is 5.78 Å². The van der Waals surface area contributed by atoms with E-state index >= 15 is 0 Å². The van der Waals surface area contributed by atoms with Crippen molar-refractivity contribution in [3.8, 4) is 11.5 Å². The van der Waals surface area contributed by atoms with Gasteiger partial charge in [0.05, 0.1) is 6.54 Å². The number of likely N-dealkylation sites (N-methyl/N-ethyl adjacent to an activating group) is 1. The van der Waals surface area contributed by atoms with Crippen LogP contribution < -0.4 is 9.47 Å². The lowest BCUT2D eigenvalue weighted by molar-refractivity contribution is 0.0957. The highest BCUT2D eigenvalue weighted by Gasteiger charge is 2.12. The van der Waals surface area contributed by atoms with E-state index in [1.54, 1.807) is 12.1 Å². The molecule has 3 aromatic rings. The molecule has 3 rings (SSSR count). The second-order valence-corrected chi connectivity index (χ2v) is 6.90. The number of nitrogens with zero attached hydrogens (tertiary/aromatic N) is 1. The van der Waals surface area contributed by atoms with Crippen molar-refractivity contribution in [3.05, 3.63) is 95.6 Å². The average molecular weight is 375 g/mol. The molecule has 0 amide bonds. The maximum atomic E-state index is 12.6. The minimum atomic E-state index is 0.0275. The summed E-state index contributed by atoms with van der Waals surface area (Å²) in [6.45, 7) is 1.20. The third kappa shape index (κ3) is 5.96. The number of hydrogen-bond acceptors (Lipinski definition) is 4. The van der Waals surface area contributed by atoms with Crippen LogP contribution in [-0.2, 0) is 13.2 Å². The molecular formula is C24H25NO3. The van der Waals surface area contributed by atoms with Gasteiger partial charge in [-0.05, 0) is 37.4 Å². The van der Waals surface area contributed by atoms with Gasteiger partial charge in [-0.25, -0.2) is 0 Å². The lowest BCUT2D eigenvalue weighted by atomic mass is 10.1. The van der Waals surface area contributed by atoms with Gasteiger partial charge in [0, 0.05) is 11.6 Å². The molecule has 0 N–H and O–H groups in total. The molecule has 0 saturated carbocycles. The molecule has 0 aliphatic heterocycles. The normalized spacial score (nSPS) is 10.7. The minimum Gasteiger partial charge on any atom is -0.489 e. The Morgan fingerprint density at radius 1 is 0.750 bits per heavy atom. The van der Waals surface area contributed by atoms with Gasteiger partial charge in [-0.3, -0.25) is 4.79 Å². The molecule has 144 valence electrons. The Morgan fingerprint density at radius 3 is 1.64 bits per heavy atom. The Morgan fingerprint density at radius 2 is 1.21 bits per heavy atom. The summed E-state index contributed by atoms with van der Waals surface area (Å²) in [5.41, 5.74) is 2.72. The van der Waals surface area contributed by atoms with Crippen LogP contribution in [0, 0.1) is 0 Å². The smallest absolute Gasteiger partial charge is 0.177 e. The molecular weight excluding hydrogens is 350 g/mol. The van der Waals surface area contributed by atoms with Crippen LogP contribution in [0.2, 0.25) is 0 Å². The van der Waals surface area contributed by atoms with E-state index in [0.29, 0.717) is 36.8 Å². The zero-order valence-corrected chi connectivity index (χ0v) is 16.3. The molecule has 0 aliphatic carbocycles. The van der Waals surface area contributed by atoms with Crippen LogP contribution in [0.3, 0.4) is 0 Å². The van der Waals surface area contributed by atoms with Gasteiger partial charge in [0.2, 0.25) is 0 Å². The number of carbonyl (C=O) groups is 1. The maximum absolute atomic E-state index is 12.6. The van der Waals surface area contributed by atoms with Gasteiger partial charge in [-0.1, -0.05) is 60.7 Å². The summed E-state index contributed by atoms with van der Waals surface area (Å²) in [6, 6.07) is 25.3. The molecule has 0 aromatic heterocycles. The van der Waals surface area contributed by atoms with E-state index in [2.05, 4.69) is 0 Å². The Kier molecular flexibility index (Phi) is 6.82. The number of Topliss-reactive ketones (excluding diaryl/α,β-unsaturated/α-hetero) is 1. The highest BCUT2D eigenvalue weighted by Crippen LogP contribution is 2.25.